The minimum atomic E-state index is -0.155. The van der Waals surface area contributed by atoms with Gasteiger partial charge in [0.05, 0.1) is 6.61 Å². The molecule has 4 aromatic rings. The molecule has 0 N–H and O–H groups in total. The Hall–Kier alpha value is -4.16. The number of Topliss-reactive ketones (excluding diaryl/α,β-unsaturated/α-hetero) is 1. The number of carbonyl (C=O) groups is 1. The van der Waals surface area contributed by atoms with Gasteiger partial charge in [-0.1, -0.05) is 441 Å². The summed E-state index contributed by atoms with van der Waals surface area (Å²) in [6, 6.07) is 35.4. The van der Waals surface area contributed by atoms with Crippen LogP contribution < -0.4 is 4.74 Å². The maximum absolute atomic E-state index is 11.6. The van der Waals surface area contributed by atoms with E-state index in [0.717, 1.165) is 56.8 Å². The van der Waals surface area contributed by atoms with Crippen molar-refractivity contribution >= 4 is 5.78 Å². The molecule has 110 heavy (non-hydrogen) atoms. The Morgan fingerprint density at radius 3 is 1.05 bits per heavy atom. The number of nitrogens with zero attached hydrogens (tertiary/aromatic N) is 1. The molecule has 1 aliphatic carbocycles. The number of aryl methyl sites for hydroxylation is 1. The lowest BCUT2D eigenvalue weighted by atomic mass is 9.78. The van der Waals surface area contributed by atoms with E-state index in [1.165, 1.54) is 107 Å². The predicted octanol–water partition coefficient (Wildman–Crippen LogP) is 36.8. The summed E-state index contributed by atoms with van der Waals surface area (Å²) in [7, 11) is 0. The first-order valence-corrected chi connectivity index (χ1v) is 43.2. The van der Waals surface area contributed by atoms with Crippen molar-refractivity contribution in [1.29, 1.82) is 0 Å². The van der Waals surface area contributed by atoms with E-state index < -0.39 is 0 Å². The molecule has 0 unspecified atom stereocenters. The smallest absolute Gasteiger partial charge is 0.138 e. The highest BCUT2D eigenvalue weighted by Crippen LogP contribution is 2.34. The van der Waals surface area contributed by atoms with Crippen LogP contribution in [0.5, 0.6) is 5.75 Å². The van der Waals surface area contributed by atoms with Crippen LogP contribution in [-0.4, -0.2) is 17.4 Å². The van der Waals surface area contributed by atoms with E-state index in [9.17, 15) is 4.79 Å². The summed E-state index contributed by atoms with van der Waals surface area (Å²) in [4.78, 5) is 15.3. The van der Waals surface area contributed by atoms with Crippen LogP contribution >= 0.6 is 0 Å². The molecular formula is C107H203NO2. The molecule has 0 bridgehead atoms. The quantitative estimate of drug-likeness (QED) is 0.125. The van der Waals surface area contributed by atoms with E-state index in [1.807, 2.05) is 51.1 Å². The number of benzene rings is 3. The highest BCUT2D eigenvalue weighted by molar-refractivity contribution is 5.83. The van der Waals surface area contributed by atoms with Crippen LogP contribution in [0.1, 0.15) is 458 Å². The van der Waals surface area contributed by atoms with Crippen molar-refractivity contribution in [3.63, 3.8) is 0 Å². The zero-order chi connectivity index (χ0) is 86.2. The zero-order valence-corrected chi connectivity index (χ0v) is 81.7. The molecule has 0 aliphatic heterocycles. The molecule has 5 rings (SSSR count). The van der Waals surface area contributed by atoms with Crippen molar-refractivity contribution in [3.8, 4) is 17.6 Å². The van der Waals surface area contributed by atoms with Crippen LogP contribution in [0.25, 0.3) is 0 Å². The van der Waals surface area contributed by atoms with E-state index in [2.05, 4.69) is 373 Å². The second-order valence-electron chi connectivity index (χ2n) is 45.5. The van der Waals surface area contributed by atoms with Crippen LogP contribution in [-0.2, 0) is 17.6 Å². The summed E-state index contributed by atoms with van der Waals surface area (Å²) in [6.07, 6.45) is 28.8. The monoisotopic (exact) mass is 1530 g/mol. The largest absolute Gasteiger partial charge is 0.494 e. The van der Waals surface area contributed by atoms with Gasteiger partial charge in [-0.2, -0.15) is 0 Å². The van der Waals surface area contributed by atoms with E-state index in [4.69, 9.17) is 4.74 Å². The average Bonchev–Trinajstić information content (AvgIpc) is 0.921. The maximum atomic E-state index is 11.6. The second kappa shape index (κ2) is 64.1. The molecule has 648 valence electrons. The Kier molecular flexibility index (Phi) is 72.2. The summed E-state index contributed by atoms with van der Waals surface area (Å²) in [5.74, 6) is 9.45. The lowest BCUT2D eigenvalue weighted by Crippen LogP contribution is -2.20. The summed E-state index contributed by atoms with van der Waals surface area (Å²) >= 11 is 0. The Balaban J connectivity index is -0.000000146. The average molecular weight is 1540 g/mol. The Bertz CT molecular complexity index is 2580. The Morgan fingerprint density at radius 2 is 0.791 bits per heavy atom. The van der Waals surface area contributed by atoms with Crippen molar-refractivity contribution in [2.24, 2.45) is 70.9 Å². The first-order chi connectivity index (χ1) is 48.5. The van der Waals surface area contributed by atoms with Crippen LogP contribution in [0.3, 0.4) is 0 Å². The first-order valence-electron chi connectivity index (χ1n) is 43.2. The fourth-order valence-electron chi connectivity index (χ4n) is 9.34. The second-order valence-corrected chi connectivity index (χ2v) is 45.5. The van der Waals surface area contributed by atoms with Crippen molar-refractivity contribution in [2.75, 3.05) is 6.61 Å². The molecule has 1 fully saturated rings. The van der Waals surface area contributed by atoms with Gasteiger partial charge in [0.1, 0.15) is 11.5 Å². The summed E-state index contributed by atoms with van der Waals surface area (Å²) in [5, 5.41) is 0. The number of pyridine rings is 1. The lowest BCUT2D eigenvalue weighted by molar-refractivity contribution is -0.126. The minimum Gasteiger partial charge on any atom is -0.494 e. The predicted molar refractivity (Wildman–Crippen MR) is 511 cm³/mol. The highest BCUT2D eigenvalue weighted by atomic mass is 16.5. The lowest BCUT2D eigenvalue weighted by Gasteiger charge is -2.28. The molecule has 1 heterocycles. The number of ketones is 1. The molecule has 0 spiro atoms. The molecule has 3 aromatic carbocycles. The van der Waals surface area contributed by atoms with Crippen LogP contribution in [0.2, 0.25) is 0 Å². The van der Waals surface area contributed by atoms with Gasteiger partial charge in [-0.3, -0.25) is 9.78 Å². The Morgan fingerprint density at radius 1 is 0.427 bits per heavy atom. The third kappa shape index (κ3) is 122. The van der Waals surface area contributed by atoms with E-state index >= 15 is 0 Å². The number of aromatic nitrogens is 1. The zero-order valence-electron chi connectivity index (χ0n) is 81.7. The molecule has 0 saturated heterocycles. The molecule has 1 aromatic heterocycles. The number of rotatable bonds is 13. The molecule has 0 atom stereocenters. The van der Waals surface area contributed by atoms with Crippen molar-refractivity contribution < 1.29 is 9.53 Å². The third-order valence-electron chi connectivity index (χ3n) is 16.2. The summed E-state index contributed by atoms with van der Waals surface area (Å²) in [5.41, 5.74) is 9.05. The van der Waals surface area contributed by atoms with Gasteiger partial charge in [0, 0.05) is 36.1 Å². The van der Waals surface area contributed by atoms with Gasteiger partial charge in [-0.25, -0.2) is 0 Å². The van der Waals surface area contributed by atoms with E-state index in [0.29, 0.717) is 65.9 Å². The van der Waals surface area contributed by atoms with Gasteiger partial charge in [-0.15, -0.1) is 5.92 Å². The van der Waals surface area contributed by atoms with E-state index in [-0.39, 0.29) is 25.7 Å². The van der Waals surface area contributed by atoms with Gasteiger partial charge < -0.3 is 4.74 Å². The van der Waals surface area contributed by atoms with Crippen LogP contribution in [0.4, 0.5) is 0 Å². The van der Waals surface area contributed by atoms with Gasteiger partial charge >= 0.3 is 0 Å². The van der Waals surface area contributed by atoms with Gasteiger partial charge in [0.15, 0.2) is 0 Å². The number of hydrogen-bond acceptors (Lipinski definition) is 3. The molecule has 3 heteroatoms. The van der Waals surface area contributed by atoms with E-state index in [1.54, 1.807) is 12.4 Å². The Labute approximate surface area is 697 Å². The SMILES string of the molecule is C.C.CC(C)(C)C.CC(C)(C)C#CCC(C)(C)C.CC(C)(C)CC1CCCCC1.CC(C)(C)CCCC(=O)C(C)(C)C.CC(C)(C)CCc1ccccc1.CC(C)(C)Cc1ccccc1.CCC(C)(C)C.CCC(C)(C)C.CCCC(C)(C)C.CCCC(C)(C)C.CCCOc1ccc(C(C)C)cc1.c1ccncc1. The van der Waals surface area contributed by atoms with Gasteiger partial charge in [0.25, 0.3) is 0 Å². The third-order valence-corrected chi connectivity index (χ3v) is 16.2. The van der Waals surface area contributed by atoms with Crippen molar-refractivity contribution in [1.82, 2.24) is 4.98 Å². The molecule has 1 saturated carbocycles. The molecule has 3 nitrogen and oxygen atoms in total. The molecule has 0 radical (unpaired) electrons. The summed E-state index contributed by atoms with van der Waals surface area (Å²) in [6.45, 7) is 98.5. The van der Waals surface area contributed by atoms with Crippen LogP contribution in [0.15, 0.2) is 116 Å². The first kappa shape index (κ1) is 124. The number of ether oxygens (including phenoxy) is 1. The fraction of sp³-hybridized carbons (Fsp3) is 0.757. The molecular weight excluding hydrogens is 1330 g/mol. The normalized spacial score (nSPS) is 12.4. The minimum absolute atomic E-state index is 0. The summed E-state index contributed by atoms with van der Waals surface area (Å²) < 4.78 is 5.49. The fourth-order valence-corrected chi connectivity index (χ4v) is 9.34. The van der Waals surface area contributed by atoms with Crippen molar-refractivity contribution in [2.45, 2.75) is 454 Å². The van der Waals surface area contributed by atoms with Crippen molar-refractivity contribution in [3.05, 3.63) is 132 Å². The van der Waals surface area contributed by atoms with Gasteiger partial charge in [0.2, 0.25) is 0 Å². The topological polar surface area (TPSA) is 39.2 Å². The number of hydrogen-bond donors (Lipinski definition) is 0. The molecule has 1 aliphatic rings. The molecule has 0 amide bonds. The maximum Gasteiger partial charge on any atom is 0.138 e. The highest BCUT2D eigenvalue weighted by Gasteiger charge is 2.22. The standard InChI is InChI=1S/C12H18O.C12H24O.C12H18.C11H22.C11H16.C11H20.2C7H16.2C6H14.C5H5N.C5H12.2CH4/c1-4-9-13-12-7-5-11(6-8-12)10(2)3;1-11(2,3)9-7-8-10(13)12(4,5)6;1-12(2,3)10-9-11-7-5-4-6-8-11;2*1-11(2,3)9-10-7-5-4-6-8-10;1-10(2,3)8-7-9-11(4,5)6;2*1-5-6-7(2,3)4;2*1-5-6(2,3)4;1-2-4-6-5-3-1;1-5(2,3)4;;/h5-8,10H,4,9H2,1-3H3;7-9H2,1-6H3;4-8H,9-10H2,1-3H3;10H,4-9H2,1-3H3;4-8H,9H2,1-3H3;8H2,1-6H3;2*5-6H2,1-4H3;2*5H2,1-4H3;1-5H;1-4H3;2*1H4. The van der Waals surface area contributed by atoms with Gasteiger partial charge in [-0.05, 0) is 186 Å². The number of carbonyl (C=O) groups excluding carboxylic acids is 1. The van der Waals surface area contributed by atoms with Crippen LogP contribution in [0, 0.1) is 82.7 Å².